The van der Waals surface area contributed by atoms with Gasteiger partial charge in [0.25, 0.3) is 11.8 Å². The van der Waals surface area contributed by atoms with Crippen molar-refractivity contribution < 1.29 is 24.2 Å². The van der Waals surface area contributed by atoms with Crippen molar-refractivity contribution in [1.29, 1.82) is 0 Å². The molecule has 3 N–H and O–H groups in total. The van der Waals surface area contributed by atoms with Gasteiger partial charge < -0.3 is 5.73 Å². The fraction of sp³-hybridized carbons (Fsp3) is 0.0526. The van der Waals surface area contributed by atoms with Crippen LogP contribution in [-0.2, 0) is 9.37 Å². The monoisotopic (exact) mass is 382 g/mol. The molecule has 0 radical (unpaired) electrons. The summed E-state index contributed by atoms with van der Waals surface area (Å²) in [7, 11) is 0. The number of nitrogens with two attached hydrogens (primary N) is 1. The summed E-state index contributed by atoms with van der Waals surface area (Å²) >= 11 is 0.670. The van der Waals surface area contributed by atoms with Crippen molar-refractivity contribution in [3.8, 4) is 0 Å². The van der Waals surface area contributed by atoms with Gasteiger partial charge in [-0.2, -0.15) is 0 Å². The lowest BCUT2D eigenvalue weighted by Crippen LogP contribution is -2.40. The molecule has 0 bridgehead atoms. The van der Waals surface area contributed by atoms with Gasteiger partial charge in [-0.15, -0.1) is 4.33 Å². The zero-order valence-electron chi connectivity index (χ0n) is 14.1. The van der Waals surface area contributed by atoms with Crippen molar-refractivity contribution in [3.05, 3.63) is 65.2 Å². The highest BCUT2D eigenvalue weighted by molar-refractivity contribution is 7.94. The standard InChI is InChI=1S/C19H14N2O5S/c1-10-5-7-11(8-6-10)21-18(22)13-4-2-3-12-16(13)14(19(21)23)9-15(17(12)20)27-26-25-24/h2-9,24H,20H2,1H3. The minimum atomic E-state index is -0.459. The number of anilines is 2. The normalized spacial score (nSPS) is 13.5. The molecule has 0 unspecified atom stereocenters. The SMILES string of the molecule is Cc1ccc(N2C(=O)c3cccc4c(N)c(SOOO)cc(c34)C2=O)cc1. The van der Waals surface area contributed by atoms with Crippen molar-refractivity contribution in [3.63, 3.8) is 0 Å². The highest BCUT2D eigenvalue weighted by Crippen LogP contribution is 2.40. The number of aryl methyl sites for hydroxylation is 1. The molecular formula is C19H14N2O5S. The van der Waals surface area contributed by atoms with Crippen molar-refractivity contribution in [2.24, 2.45) is 0 Å². The van der Waals surface area contributed by atoms with E-state index in [1.165, 1.54) is 6.07 Å². The molecule has 0 saturated heterocycles. The van der Waals surface area contributed by atoms with Crippen LogP contribution in [0.1, 0.15) is 26.3 Å². The van der Waals surface area contributed by atoms with Crippen molar-refractivity contribution in [1.82, 2.24) is 0 Å². The molecule has 0 aliphatic carbocycles. The smallest absolute Gasteiger partial charge is 0.266 e. The quantitative estimate of drug-likeness (QED) is 0.231. The molecule has 7 nitrogen and oxygen atoms in total. The Labute approximate surface area is 158 Å². The molecule has 2 amide bonds. The molecule has 1 aliphatic heterocycles. The third-order valence-electron chi connectivity index (χ3n) is 4.48. The van der Waals surface area contributed by atoms with Gasteiger partial charge in [-0.3, -0.25) is 9.59 Å². The number of benzene rings is 3. The van der Waals surface area contributed by atoms with E-state index in [1.807, 2.05) is 19.1 Å². The number of carbonyl (C=O) groups excluding carboxylic acids is 2. The maximum atomic E-state index is 13.2. The van der Waals surface area contributed by atoms with E-state index in [0.717, 1.165) is 10.5 Å². The van der Waals surface area contributed by atoms with Crippen LogP contribution in [0.2, 0.25) is 0 Å². The minimum Gasteiger partial charge on any atom is -0.397 e. The zero-order valence-corrected chi connectivity index (χ0v) is 14.9. The molecule has 3 aromatic carbocycles. The first-order chi connectivity index (χ1) is 13.0. The molecule has 1 heterocycles. The van der Waals surface area contributed by atoms with Crippen molar-refractivity contribution in [2.75, 3.05) is 10.6 Å². The van der Waals surface area contributed by atoms with E-state index in [2.05, 4.69) is 9.37 Å². The summed E-state index contributed by atoms with van der Waals surface area (Å²) in [6.07, 6.45) is 0. The number of nitrogen functional groups attached to an aromatic ring is 1. The highest BCUT2D eigenvalue weighted by Gasteiger charge is 2.35. The molecule has 136 valence electrons. The second-order valence-electron chi connectivity index (χ2n) is 6.07. The zero-order chi connectivity index (χ0) is 19.1. The van der Waals surface area contributed by atoms with Gasteiger partial charge in [-0.05, 0) is 31.2 Å². The molecule has 0 atom stereocenters. The predicted octanol–water partition coefficient (Wildman–Crippen LogP) is 3.96. The summed E-state index contributed by atoms with van der Waals surface area (Å²) < 4.78 is 4.48. The first kappa shape index (κ1) is 17.5. The summed E-state index contributed by atoms with van der Waals surface area (Å²) in [5.74, 6) is -0.865. The van der Waals surface area contributed by atoms with E-state index < -0.39 is 11.8 Å². The third-order valence-corrected chi connectivity index (χ3v) is 5.12. The van der Waals surface area contributed by atoms with Crippen LogP contribution < -0.4 is 10.6 Å². The molecule has 0 saturated carbocycles. The summed E-state index contributed by atoms with van der Waals surface area (Å²) in [5.41, 5.74) is 8.69. The Bertz CT molecular complexity index is 1080. The molecule has 4 rings (SSSR count). The van der Waals surface area contributed by atoms with E-state index >= 15 is 0 Å². The van der Waals surface area contributed by atoms with E-state index in [0.29, 0.717) is 50.2 Å². The Morgan fingerprint density at radius 2 is 1.74 bits per heavy atom. The fourth-order valence-electron chi connectivity index (χ4n) is 3.21. The maximum absolute atomic E-state index is 13.2. The third kappa shape index (κ3) is 2.75. The molecule has 0 spiro atoms. The second kappa shape index (κ2) is 6.67. The Kier molecular flexibility index (Phi) is 4.33. The molecule has 1 aliphatic rings. The minimum absolute atomic E-state index is 0.319. The summed E-state index contributed by atoms with van der Waals surface area (Å²) in [6.45, 7) is 1.93. The van der Waals surface area contributed by atoms with Crippen LogP contribution in [0.3, 0.4) is 0 Å². The molecule has 27 heavy (non-hydrogen) atoms. The summed E-state index contributed by atoms with van der Waals surface area (Å²) in [5, 5.41) is 13.1. The number of rotatable bonds is 4. The molecule has 8 heteroatoms. The molecular weight excluding hydrogens is 368 g/mol. The van der Waals surface area contributed by atoms with Gasteiger partial charge in [-0.25, -0.2) is 10.2 Å². The van der Waals surface area contributed by atoms with Crippen LogP contribution >= 0.6 is 12.0 Å². The Hall–Kier alpha value is -2.91. The highest BCUT2D eigenvalue weighted by atomic mass is 32.2. The second-order valence-corrected chi connectivity index (χ2v) is 6.81. The van der Waals surface area contributed by atoms with Crippen LogP contribution in [-0.4, -0.2) is 17.1 Å². The number of hydrogen-bond acceptors (Lipinski definition) is 7. The van der Waals surface area contributed by atoms with E-state index in [-0.39, 0.29) is 0 Å². The van der Waals surface area contributed by atoms with Crippen LogP contribution in [0.4, 0.5) is 11.4 Å². The van der Waals surface area contributed by atoms with Gasteiger partial charge in [-0.1, -0.05) is 34.9 Å². The number of imide groups is 1. The first-order valence-corrected chi connectivity index (χ1v) is 8.72. The van der Waals surface area contributed by atoms with Crippen LogP contribution in [0.5, 0.6) is 0 Å². The van der Waals surface area contributed by atoms with Crippen LogP contribution in [0, 0.1) is 6.92 Å². The van der Waals surface area contributed by atoms with Crippen LogP contribution in [0.15, 0.2) is 53.4 Å². The largest absolute Gasteiger partial charge is 0.397 e. The lowest BCUT2D eigenvalue weighted by Gasteiger charge is -2.28. The topological polar surface area (TPSA) is 102 Å². The first-order valence-electron chi connectivity index (χ1n) is 7.98. The maximum Gasteiger partial charge on any atom is 0.266 e. The lowest BCUT2D eigenvalue weighted by atomic mass is 9.92. The van der Waals surface area contributed by atoms with E-state index in [1.54, 1.807) is 30.3 Å². The van der Waals surface area contributed by atoms with E-state index in [9.17, 15) is 9.59 Å². The summed E-state index contributed by atoms with van der Waals surface area (Å²) in [4.78, 5) is 27.7. The number of nitrogens with zero attached hydrogens (tertiary/aromatic N) is 1. The van der Waals surface area contributed by atoms with Gasteiger partial charge in [0.05, 0.1) is 33.9 Å². The Balaban J connectivity index is 1.94. The average molecular weight is 382 g/mol. The number of carbonyl (C=O) groups is 2. The van der Waals surface area contributed by atoms with Crippen molar-refractivity contribution >= 4 is 46.0 Å². The molecule has 3 aromatic rings. The Morgan fingerprint density at radius 1 is 1.04 bits per heavy atom. The van der Waals surface area contributed by atoms with Gasteiger partial charge in [0.15, 0.2) is 0 Å². The van der Waals surface area contributed by atoms with Gasteiger partial charge in [0, 0.05) is 16.3 Å². The predicted molar refractivity (Wildman–Crippen MR) is 101 cm³/mol. The van der Waals surface area contributed by atoms with E-state index in [4.69, 9.17) is 11.0 Å². The van der Waals surface area contributed by atoms with Gasteiger partial charge in [0.1, 0.15) is 0 Å². The lowest BCUT2D eigenvalue weighted by molar-refractivity contribution is -0.432. The fourth-order valence-corrected chi connectivity index (χ4v) is 3.68. The van der Waals surface area contributed by atoms with Crippen LogP contribution in [0.25, 0.3) is 10.8 Å². The Morgan fingerprint density at radius 3 is 2.44 bits per heavy atom. The molecule has 0 aromatic heterocycles. The molecule has 0 fully saturated rings. The van der Waals surface area contributed by atoms with Gasteiger partial charge in [0.2, 0.25) is 0 Å². The number of hydrogen-bond donors (Lipinski definition) is 2. The van der Waals surface area contributed by atoms with Gasteiger partial charge >= 0.3 is 0 Å². The summed E-state index contributed by atoms with van der Waals surface area (Å²) in [6, 6.07) is 13.8. The van der Waals surface area contributed by atoms with Crippen molar-refractivity contribution in [2.45, 2.75) is 11.8 Å². The number of amides is 2. The average Bonchev–Trinajstić information content (AvgIpc) is 2.68.